The van der Waals surface area contributed by atoms with Crippen molar-refractivity contribution in [1.29, 1.82) is 0 Å². The molecule has 0 bridgehead atoms. The summed E-state index contributed by atoms with van der Waals surface area (Å²) in [7, 11) is 0. The molecule has 0 aliphatic carbocycles. The first-order chi connectivity index (χ1) is 10.1. The van der Waals surface area contributed by atoms with Crippen molar-refractivity contribution in [3.05, 3.63) is 59.4 Å². The summed E-state index contributed by atoms with van der Waals surface area (Å²) in [5.74, 6) is -1.51. The van der Waals surface area contributed by atoms with Gasteiger partial charge in [0.25, 0.3) is 5.91 Å². The Hall–Kier alpha value is -2.54. The molecular weight excluding hydrogens is 298 g/mol. The third kappa shape index (κ3) is 2.82. The van der Waals surface area contributed by atoms with Crippen LogP contribution in [-0.2, 0) is 0 Å². The van der Waals surface area contributed by atoms with Crippen LogP contribution >= 0.6 is 11.3 Å². The number of anilines is 1. The highest BCUT2D eigenvalue weighted by molar-refractivity contribution is 7.14. The average Bonchev–Trinajstić information content (AvgIpc) is 3.12. The molecule has 0 fully saturated rings. The molecule has 21 heavy (non-hydrogen) atoms. The van der Waals surface area contributed by atoms with Gasteiger partial charge in [-0.1, -0.05) is 0 Å². The number of amides is 1. The van der Waals surface area contributed by atoms with Crippen molar-refractivity contribution in [1.82, 2.24) is 4.98 Å². The predicted molar refractivity (Wildman–Crippen MR) is 74.1 cm³/mol. The highest BCUT2D eigenvalue weighted by Crippen LogP contribution is 2.27. The number of aromatic nitrogens is 1. The van der Waals surface area contributed by atoms with Gasteiger partial charge in [-0.3, -0.25) is 10.1 Å². The van der Waals surface area contributed by atoms with E-state index in [0.717, 1.165) is 29.5 Å². The van der Waals surface area contributed by atoms with Crippen LogP contribution in [0.25, 0.3) is 11.3 Å². The Morgan fingerprint density at radius 3 is 2.90 bits per heavy atom. The summed E-state index contributed by atoms with van der Waals surface area (Å²) in [5, 5.41) is 4.40. The molecule has 4 nitrogen and oxygen atoms in total. The number of furan rings is 1. The summed E-state index contributed by atoms with van der Waals surface area (Å²) >= 11 is 1.12. The first kappa shape index (κ1) is 13.4. The summed E-state index contributed by atoms with van der Waals surface area (Å²) in [4.78, 5) is 15.9. The molecule has 106 valence electrons. The van der Waals surface area contributed by atoms with E-state index in [2.05, 4.69) is 10.3 Å². The molecule has 3 aromatic rings. The van der Waals surface area contributed by atoms with E-state index in [1.807, 2.05) is 0 Å². The number of hydrogen-bond acceptors (Lipinski definition) is 4. The maximum absolute atomic E-state index is 13.6. The molecule has 1 aromatic carbocycles. The second kappa shape index (κ2) is 5.45. The number of nitrogens with zero attached hydrogens (tertiary/aromatic N) is 1. The molecule has 0 saturated carbocycles. The maximum Gasteiger partial charge on any atom is 0.260 e. The van der Waals surface area contributed by atoms with Crippen molar-refractivity contribution in [3.63, 3.8) is 0 Å². The highest BCUT2D eigenvalue weighted by atomic mass is 32.1. The van der Waals surface area contributed by atoms with E-state index >= 15 is 0 Å². The van der Waals surface area contributed by atoms with E-state index in [1.54, 1.807) is 5.38 Å². The Morgan fingerprint density at radius 2 is 2.14 bits per heavy atom. The van der Waals surface area contributed by atoms with Crippen LogP contribution in [0.1, 0.15) is 10.4 Å². The van der Waals surface area contributed by atoms with E-state index in [0.29, 0.717) is 10.7 Å². The second-order valence-electron chi connectivity index (χ2n) is 4.13. The number of halogens is 2. The van der Waals surface area contributed by atoms with Crippen molar-refractivity contribution >= 4 is 22.4 Å². The SMILES string of the molecule is O=C(Nc1nc(-c2cc(F)ccc2F)cs1)c1ccoc1. The number of benzene rings is 1. The Labute approximate surface area is 122 Å². The van der Waals surface area contributed by atoms with Crippen LogP contribution in [0, 0.1) is 11.6 Å². The quantitative estimate of drug-likeness (QED) is 0.797. The fourth-order valence-electron chi connectivity index (χ4n) is 1.71. The Balaban J connectivity index is 1.83. The van der Waals surface area contributed by atoms with Crippen LogP contribution in [0.5, 0.6) is 0 Å². The van der Waals surface area contributed by atoms with Crippen LogP contribution in [0.15, 0.2) is 46.6 Å². The largest absolute Gasteiger partial charge is 0.472 e. The van der Waals surface area contributed by atoms with Crippen molar-refractivity contribution in [2.24, 2.45) is 0 Å². The lowest BCUT2D eigenvalue weighted by molar-refractivity contribution is 0.102. The van der Waals surface area contributed by atoms with Gasteiger partial charge in [0, 0.05) is 10.9 Å². The van der Waals surface area contributed by atoms with E-state index in [9.17, 15) is 13.6 Å². The third-order valence-electron chi connectivity index (χ3n) is 2.71. The number of carbonyl (C=O) groups is 1. The van der Waals surface area contributed by atoms with Gasteiger partial charge in [-0.05, 0) is 24.3 Å². The molecule has 0 spiro atoms. The highest BCUT2D eigenvalue weighted by Gasteiger charge is 2.13. The molecule has 0 unspecified atom stereocenters. The van der Waals surface area contributed by atoms with E-state index in [-0.39, 0.29) is 17.2 Å². The first-order valence-corrected chi connectivity index (χ1v) is 6.76. The summed E-state index contributed by atoms with van der Waals surface area (Å²) in [5.41, 5.74) is 0.665. The van der Waals surface area contributed by atoms with Crippen LogP contribution < -0.4 is 5.32 Å². The molecule has 0 radical (unpaired) electrons. The molecule has 2 aromatic heterocycles. The number of thiazole rings is 1. The van der Waals surface area contributed by atoms with Crippen molar-refractivity contribution < 1.29 is 18.0 Å². The summed E-state index contributed by atoms with van der Waals surface area (Å²) < 4.78 is 31.6. The molecule has 2 heterocycles. The standard InChI is InChI=1S/C14H8F2N2O2S/c15-9-1-2-11(16)10(5-9)12-7-21-14(17-12)18-13(19)8-3-4-20-6-8/h1-7H,(H,17,18,19). The van der Waals surface area contributed by atoms with Gasteiger partial charge in [-0.2, -0.15) is 0 Å². The molecule has 1 amide bonds. The van der Waals surface area contributed by atoms with E-state index in [1.165, 1.54) is 18.6 Å². The molecule has 0 atom stereocenters. The molecule has 0 saturated heterocycles. The molecule has 0 aliphatic rings. The summed E-state index contributed by atoms with van der Waals surface area (Å²) in [6, 6.07) is 4.64. The van der Waals surface area contributed by atoms with E-state index in [4.69, 9.17) is 4.42 Å². The number of nitrogens with one attached hydrogen (secondary N) is 1. The fourth-order valence-corrected chi connectivity index (χ4v) is 2.42. The lowest BCUT2D eigenvalue weighted by Gasteiger charge is -2.00. The van der Waals surface area contributed by atoms with Crippen LogP contribution in [-0.4, -0.2) is 10.9 Å². The van der Waals surface area contributed by atoms with Gasteiger partial charge in [0.1, 0.15) is 17.9 Å². The van der Waals surface area contributed by atoms with Gasteiger partial charge < -0.3 is 4.42 Å². The Kier molecular flexibility index (Phi) is 3.49. The van der Waals surface area contributed by atoms with Gasteiger partial charge >= 0.3 is 0 Å². The summed E-state index contributed by atoms with van der Waals surface area (Å²) in [6.45, 7) is 0. The lowest BCUT2D eigenvalue weighted by Crippen LogP contribution is -2.10. The molecule has 1 N–H and O–H groups in total. The zero-order valence-corrected chi connectivity index (χ0v) is 11.3. The smallest absolute Gasteiger partial charge is 0.260 e. The van der Waals surface area contributed by atoms with Gasteiger partial charge in [-0.15, -0.1) is 11.3 Å². The molecular formula is C14H8F2N2O2S. The molecule has 7 heteroatoms. The predicted octanol–water partition coefficient (Wildman–Crippen LogP) is 3.93. The van der Waals surface area contributed by atoms with Crippen molar-refractivity contribution in [2.75, 3.05) is 5.32 Å². The average molecular weight is 306 g/mol. The summed E-state index contributed by atoms with van der Waals surface area (Å²) in [6.07, 6.45) is 2.68. The van der Waals surface area contributed by atoms with Gasteiger partial charge in [-0.25, -0.2) is 13.8 Å². The zero-order chi connectivity index (χ0) is 14.8. The minimum atomic E-state index is -0.575. The minimum Gasteiger partial charge on any atom is -0.472 e. The van der Waals surface area contributed by atoms with Crippen molar-refractivity contribution in [2.45, 2.75) is 0 Å². The number of carbonyl (C=O) groups excluding carboxylic acids is 1. The maximum atomic E-state index is 13.6. The van der Waals surface area contributed by atoms with Crippen LogP contribution in [0.3, 0.4) is 0 Å². The molecule has 0 aliphatic heterocycles. The third-order valence-corrected chi connectivity index (χ3v) is 3.47. The normalized spacial score (nSPS) is 10.6. The monoisotopic (exact) mass is 306 g/mol. The van der Waals surface area contributed by atoms with Crippen LogP contribution in [0.2, 0.25) is 0 Å². The first-order valence-electron chi connectivity index (χ1n) is 5.88. The van der Waals surface area contributed by atoms with Crippen LogP contribution in [0.4, 0.5) is 13.9 Å². The fraction of sp³-hybridized carbons (Fsp3) is 0. The zero-order valence-electron chi connectivity index (χ0n) is 10.5. The number of hydrogen-bond donors (Lipinski definition) is 1. The molecule has 3 rings (SSSR count). The second-order valence-corrected chi connectivity index (χ2v) is 4.99. The van der Waals surface area contributed by atoms with Crippen molar-refractivity contribution in [3.8, 4) is 11.3 Å². The van der Waals surface area contributed by atoms with Gasteiger partial charge in [0.2, 0.25) is 0 Å². The lowest BCUT2D eigenvalue weighted by atomic mass is 10.1. The Morgan fingerprint density at radius 1 is 1.29 bits per heavy atom. The number of rotatable bonds is 3. The van der Waals surface area contributed by atoms with Gasteiger partial charge in [0.05, 0.1) is 17.5 Å². The Bertz CT molecular complexity index is 784. The van der Waals surface area contributed by atoms with E-state index < -0.39 is 11.6 Å². The van der Waals surface area contributed by atoms with Gasteiger partial charge in [0.15, 0.2) is 5.13 Å². The minimum absolute atomic E-state index is 0.0510. The topological polar surface area (TPSA) is 55.1 Å².